The SMILES string of the molecule is CCOCCC(=O)c1cc(OC)ccc1OC. The van der Waals surface area contributed by atoms with E-state index in [0.29, 0.717) is 36.7 Å². The highest BCUT2D eigenvalue weighted by molar-refractivity contribution is 5.99. The highest BCUT2D eigenvalue weighted by Crippen LogP contribution is 2.25. The van der Waals surface area contributed by atoms with Crippen molar-refractivity contribution in [1.29, 1.82) is 0 Å². The first-order chi connectivity index (χ1) is 8.22. The lowest BCUT2D eigenvalue weighted by Crippen LogP contribution is -2.06. The van der Waals surface area contributed by atoms with Crippen LogP contribution in [0.3, 0.4) is 0 Å². The van der Waals surface area contributed by atoms with Crippen molar-refractivity contribution < 1.29 is 19.0 Å². The van der Waals surface area contributed by atoms with E-state index in [1.807, 2.05) is 6.92 Å². The number of Topliss-reactive ketones (excluding diaryl/α,β-unsaturated/α-hetero) is 1. The van der Waals surface area contributed by atoms with Crippen LogP contribution in [0.4, 0.5) is 0 Å². The third-order valence-electron chi connectivity index (χ3n) is 2.38. The molecule has 4 heteroatoms. The number of carbonyl (C=O) groups is 1. The summed E-state index contributed by atoms with van der Waals surface area (Å²) < 4.78 is 15.4. The smallest absolute Gasteiger partial charge is 0.169 e. The first kappa shape index (κ1) is 13.5. The quantitative estimate of drug-likeness (QED) is 0.540. The summed E-state index contributed by atoms with van der Waals surface area (Å²) in [5.41, 5.74) is 0.534. The number of ketones is 1. The molecular weight excluding hydrogens is 220 g/mol. The average molecular weight is 238 g/mol. The van der Waals surface area contributed by atoms with Crippen molar-refractivity contribution in [3.63, 3.8) is 0 Å². The predicted molar refractivity (Wildman–Crippen MR) is 65.0 cm³/mol. The minimum absolute atomic E-state index is 0.00537. The molecule has 0 unspecified atom stereocenters. The number of hydrogen-bond acceptors (Lipinski definition) is 4. The monoisotopic (exact) mass is 238 g/mol. The number of hydrogen-bond donors (Lipinski definition) is 0. The molecule has 0 radical (unpaired) electrons. The largest absolute Gasteiger partial charge is 0.497 e. The van der Waals surface area contributed by atoms with E-state index < -0.39 is 0 Å². The van der Waals surface area contributed by atoms with Gasteiger partial charge in [-0.3, -0.25) is 4.79 Å². The Kier molecular flexibility index (Phi) is 5.49. The zero-order chi connectivity index (χ0) is 12.7. The molecule has 0 heterocycles. The zero-order valence-electron chi connectivity index (χ0n) is 10.5. The lowest BCUT2D eigenvalue weighted by atomic mass is 10.1. The van der Waals surface area contributed by atoms with Gasteiger partial charge in [0.25, 0.3) is 0 Å². The Morgan fingerprint density at radius 3 is 2.59 bits per heavy atom. The molecule has 0 N–H and O–H groups in total. The van der Waals surface area contributed by atoms with Crippen molar-refractivity contribution in [3.05, 3.63) is 23.8 Å². The van der Waals surface area contributed by atoms with E-state index in [-0.39, 0.29) is 5.78 Å². The van der Waals surface area contributed by atoms with E-state index in [4.69, 9.17) is 14.2 Å². The second-order valence-corrected chi connectivity index (χ2v) is 3.44. The molecule has 1 aromatic rings. The molecule has 4 nitrogen and oxygen atoms in total. The molecule has 0 fully saturated rings. The van der Waals surface area contributed by atoms with E-state index in [9.17, 15) is 4.79 Å². The molecule has 1 rings (SSSR count). The third kappa shape index (κ3) is 3.75. The molecule has 0 amide bonds. The molecule has 0 saturated carbocycles. The third-order valence-corrected chi connectivity index (χ3v) is 2.38. The van der Waals surface area contributed by atoms with Crippen molar-refractivity contribution in [3.8, 4) is 11.5 Å². The fourth-order valence-corrected chi connectivity index (χ4v) is 1.48. The van der Waals surface area contributed by atoms with E-state index >= 15 is 0 Å². The van der Waals surface area contributed by atoms with Crippen LogP contribution in [-0.4, -0.2) is 33.2 Å². The fraction of sp³-hybridized carbons (Fsp3) is 0.462. The maximum Gasteiger partial charge on any atom is 0.169 e. The molecule has 0 saturated heterocycles. The van der Waals surface area contributed by atoms with Gasteiger partial charge in [0.1, 0.15) is 11.5 Å². The molecule has 0 aliphatic carbocycles. The summed E-state index contributed by atoms with van der Waals surface area (Å²) in [5.74, 6) is 1.20. The van der Waals surface area contributed by atoms with Gasteiger partial charge in [0, 0.05) is 13.0 Å². The average Bonchev–Trinajstić information content (AvgIpc) is 2.38. The summed E-state index contributed by atoms with van der Waals surface area (Å²) in [5, 5.41) is 0. The Labute approximate surface area is 101 Å². The molecule has 17 heavy (non-hydrogen) atoms. The first-order valence-electron chi connectivity index (χ1n) is 5.55. The number of rotatable bonds is 7. The molecular formula is C13H18O4. The Morgan fingerprint density at radius 1 is 1.24 bits per heavy atom. The van der Waals surface area contributed by atoms with Gasteiger partial charge < -0.3 is 14.2 Å². The van der Waals surface area contributed by atoms with Crippen LogP contribution in [0.1, 0.15) is 23.7 Å². The molecule has 1 aromatic carbocycles. The first-order valence-corrected chi connectivity index (χ1v) is 5.55. The number of carbonyl (C=O) groups excluding carboxylic acids is 1. The van der Waals surface area contributed by atoms with Crippen molar-refractivity contribution in [2.75, 3.05) is 27.4 Å². The van der Waals surface area contributed by atoms with Crippen LogP contribution in [0.2, 0.25) is 0 Å². The van der Waals surface area contributed by atoms with Crippen LogP contribution in [0, 0.1) is 0 Å². The molecule has 0 bridgehead atoms. The van der Waals surface area contributed by atoms with Gasteiger partial charge in [-0.1, -0.05) is 0 Å². The van der Waals surface area contributed by atoms with Crippen LogP contribution in [-0.2, 0) is 4.74 Å². The van der Waals surface area contributed by atoms with Crippen LogP contribution in [0.5, 0.6) is 11.5 Å². The second kappa shape index (κ2) is 6.91. The van der Waals surface area contributed by atoms with Crippen LogP contribution >= 0.6 is 0 Å². The normalized spacial score (nSPS) is 10.1. The minimum Gasteiger partial charge on any atom is -0.497 e. The fourth-order valence-electron chi connectivity index (χ4n) is 1.48. The van der Waals surface area contributed by atoms with Gasteiger partial charge >= 0.3 is 0 Å². The highest BCUT2D eigenvalue weighted by atomic mass is 16.5. The van der Waals surface area contributed by atoms with Crippen LogP contribution < -0.4 is 9.47 Å². The van der Waals surface area contributed by atoms with Gasteiger partial charge in [-0.15, -0.1) is 0 Å². The molecule has 0 aromatic heterocycles. The van der Waals surface area contributed by atoms with Gasteiger partial charge in [0.2, 0.25) is 0 Å². The van der Waals surface area contributed by atoms with Crippen molar-refractivity contribution in [1.82, 2.24) is 0 Å². The van der Waals surface area contributed by atoms with E-state index in [1.165, 1.54) is 0 Å². The highest BCUT2D eigenvalue weighted by Gasteiger charge is 2.13. The summed E-state index contributed by atoms with van der Waals surface area (Å²) in [6, 6.07) is 5.18. The van der Waals surface area contributed by atoms with Crippen molar-refractivity contribution >= 4 is 5.78 Å². The number of benzene rings is 1. The number of methoxy groups -OCH3 is 2. The molecule has 94 valence electrons. The Balaban J connectivity index is 2.82. The summed E-state index contributed by atoms with van der Waals surface area (Å²) in [7, 11) is 3.11. The molecule has 0 aliphatic heterocycles. The molecule has 0 aliphatic rings. The minimum atomic E-state index is -0.00537. The van der Waals surface area contributed by atoms with Gasteiger partial charge in [0.15, 0.2) is 5.78 Å². The standard InChI is InChI=1S/C13H18O4/c1-4-17-8-7-12(14)11-9-10(15-2)5-6-13(11)16-3/h5-6,9H,4,7-8H2,1-3H3. The zero-order valence-corrected chi connectivity index (χ0v) is 10.5. The predicted octanol–water partition coefficient (Wildman–Crippen LogP) is 2.31. The maximum atomic E-state index is 12.0. The van der Waals surface area contributed by atoms with Crippen LogP contribution in [0.15, 0.2) is 18.2 Å². The van der Waals surface area contributed by atoms with E-state index in [1.54, 1.807) is 32.4 Å². The lowest BCUT2D eigenvalue weighted by molar-refractivity contribution is 0.0892. The summed E-state index contributed by atoms with van der Waals surface area (Å²) in [4.78, 5) is 12.0. The van der Waals surface area contributed by atoms with Gasteiger partial charge in [-0.05, 0) is 25.1 Å². The van der Waals surface area contributed by atoms with Crippen LogP contribution in [0.25, 0.3) is 0 Å². The maximum absolute atomic E-state index is 12.0. The summed E-state index contributed by atoms with van der Waals surface area (Å²) in [6.45, 7) is 2.94. The molecule has 0 spiro atoms. The van der Waals surface area contributed by atoms with Gasteiger partial charge in [-0.25, -0.2) is 0 Å². The van der Waals surface area contributed by atoms with Crippen molar-refractivity contribution in [2.45, 2.75) is 13.3 Å². The van der Waals surface area contributed by atoms with E-state index in [2.05, 4.69) is 0 Å². The topological polar surface area (TPSA) is 44.8 Å². The van der Waals surface area contributed by atoms with Gasteiger partial charge in [0.05, 0.1) is 26.4 Å². The Morgan fingerprint density at radius 2 is 2.00 bits per heavy atom. The summed E-state index contributed by atoms with van der Waals surface area (Å²) in [6.07, 6.45) is 0.345. The Hall–Kier alpha value is -1.55. The van der Waals surface area contributed by atoms with Gasteiger partial charge in [-0.2, -0.15) is 0 Å². The second-order valence-electron chi connectivity index (χ2n) is 3.44. The molecule has 0 atom stereocenters. The number of ether oxygens (including phenoxy) is 3. The summed E-state index contributed by atoms with van der Waals surface area (Å²) >= 11 is 0. The Bertz CT molecular complexity index is 374. The lowest BCUT2D eigenvalue weighted by Gasteiger charge is -2.09. The van der Waals surface area contributed by atoms with E-state index in [0.717, 1.165) is 0 Å². The van der Waals surface area contributed by atoms with Crippen molar-refractivity contribution in [2.24, 2.45) is 0 Å².